The molecule has 0 radical (unpaired) electrons. The van der Waals surface area contributed by atoms with E-state index in [-0.39, 0.29) is 0 Å². The lowest BCUT2D eigenvalue weighted by Crippen LogP contribution is -1.86. The highest BCUT2D eigenvalue weighted by atomic mass is 79.9. The summed E-state index contributed by atoms with van der Waals surface area (Å²) in [4.78, 5) is 0. The van der Waals surface area contributed by atoms with Gasteiger partial charge in [0.05, 0.1) is 5.56 Å². The standard InChI is InChI=1S/C13H7Br2N/c14-10-6-11(9-4-2-1-3-5-9)12(8-16)13(15)7-10/h1-7H. The number of benzene rings is 2. The van der Waals surface area contributed by atoms with Crippen molar-refractivity contribution in [2.45, 2.75) is 0 Å². The number of nitrogens with zero attached hydrogens (tertiary/aromatic N) is 1. The second-order valence-electron chi connectivity index (χ2n) is 3.29. The molecular formula is C13H7Br2N. The molecule has 0 atom stereocenters. The summed E-state index contributed by atoms with van der Waals surface area (Å²) in [5.41, 5.74) is 2.64. The summed E-state index contributed by atoms with van der Waals surface area (Å²) in [7, 11) is 0. The summed E-state index contributed by atoms with van der Waals surface area (Å²) >= 11 is 6.84. The molecule has 3 heteroatoms. The van der Waals surface area contributed by atoms with E-state index < -0.39 is 0 Å². The quantitative estimate of drug-likeness (QED) is 0.737. The third kappa shape index (κ3) is 2.18. The van der Waals surface area contributed by atoms with E-state index in [4.69, 9.17) is 5.26 Å². The van der Waals surface area contributed by atoms with Gasteiger partial charge in [0.2, 0.25) is 0 Å². The van der Waals surface area contributed by atoms with Crippen LogP contribution in [-0.4, -0.2) is 0 Å². The van der Waals surface area contributed by atoms with Gasteiger partial charge in [-0.3, -0.25) is 0 Å². The molecule has 0 aliphatic rings. The molecule has 0 bridgehead atoms. The molecule has 0 N–H and O–H groups in total. The van der Waals surface area contributed by atoms with E-state index in [1.54, 1.807) is 0 Å². The van der Waals surface area contributed by atoms with Gasteiger partial charge in [-0.15, -0.1) is 0 Å². The van der Waals surface area contributed by atoms with Crippen molar-refractivity contribution in [3.8, 4) is 17.2 Å². The molecule has 0 unspecified atom stereocenters. The van der Waals surface area contributed by atoms with Crippen LogP contribution in [0.15, 0.2) is 51.4 Å². The molecule has 78 valence electrons. The molecule has 16 heavy (non-hydrogen) atoms. The van der Waals surface area contributed by atoms with E-state index in [9.17, 15) is 0 Å². The molecule has 0 aliphatic carbocycles. The van der Waals surface area contributed by atoms with Gasteiger partial charge in [-0.1, -0.05) is 46.3 Å². The maximum absolute atomic E-state index is 9.16. The van der Waals surface area contributed by atoms with Crippen molar-refractivity contribution in [3.63, 3.8) is 0 Å². The van der Waals surface area contributed by atoms with Crippen LogP contribution < -0.4 is 0 Å². The molecule has 2 aromatic rings. The van der Waals surface area contributed by atoms with Crippen molar-refractivity contribution in [1.82, 2.24) is 0 Å². The maximum atomic E-state index is 9.16. The van der Waals surface area contributed by atoms with E-state index in [1.807, 2.05) is 42.5 Å². The van der Waals surface area contributed by atoms with Crippen molar-refractivity contribution >= 4 is 31.9 Å². The van der Waals surface area contributed by atoms with Gasteiger partial charge in [0.1, 0.15) is 6.07 Å². The number of rotatable bonds is 1. The SMILES string of the molecule is N#Cc1c(Br)cc(Br)cc1-c1ccccc1. The van der Waals surface area contributed by atoms with E-state index in [0.29, 0.717) is 5.56 Å². The van der Waals surface area contributed by atoms with E-state index in [1.165, 1.54) is 0 Å². The Hall–Kier alpha value is -1.11. The minimum absolute atomic E-state index is 0.661. The molecule has 0 fully saturated rings. The summed E-state index contributed by atoms with van der Waals surface area (Å²) < 4.78 is 1.76. The fourth-order valence-corrected chi connectivity index (χ4v) is 2.85. The number of nitriles is 1. The Labute approximate surface area is 111 Å². The first-order valence-electron chi connectivity index (χ1n) is 4.67. The van der Waals surface area contributed by atoms with Crippen molar-refractivity contribution in [2.24, 2.45) is 0 Å². The van der Waals surface area contributed by atoms with Crippen molar-refractivity contribution in [3.05, 3.63) is 57.0 Å². The fourth-order valence-electron chi connectivity index (χ4n) is 1.53. The predicted molar refractivity (Wildman–Crippen MR) is 72.0 cm³/mol. The lowest BCUT2D eigenvalue weighted by Gasteiger charge is -2.06. The van der Waals surface area contributed by atoms with Crippen LogP contribution in [0, 0.1) is 11.3 Å². The van der Waals surface area contributed by atoms with Crippen molar-refractivity contribution < 1.29 is 0 Å². The zero-order chi connectivity index (χ0) is 11.5. The molecule has 0 aromatic heterocycles. The molecule has 0 aliphatic heterocycles. The number of hydrogen-bond acceptors (Lipinski definition) is 1. The average molecular weight is 337 g/mol. The highest BCUT2D eigenvalue weighted by molar-refractivity contribution is 9.11. The van der Waals surface area contributed by atoms with Crippen LogP contribution in [0.2, 0.25) is 0 Å². The van der Waals surface area contributed by atoms with Gasteiger partial charge in [-0.05, 0) is 33.6 Å². The minimum Gasteiger partial charge on any atom is -0.192 e. The van der Waals surface area contributed by atoms with E-state index in [0.717, 1.165) is 20.1 Å². The highest BCUT2D eigenvalue weighted by Crippen LogP contribution is 2.32. The molecular weight excluding hydrogens is 330 g/mol. The lowest BCUT2D eigenvalue weighted by atomic mass is 10.0. The molecule has 2 aromatic carbocycles. The van der Waals surface area contributed by atoms with E-state index >= 15 is 0 Å². The Morgan fingerprint density at radius 3 is 2.31 bits per heavy atom. The monoisotopic (exact) mass is 335 g/mol. The first-order valence-corrected chi connectivity index (χ1v) is 6.25. The van der Waals surface area contributed by atoms with E-state index in [2.05, 4.69) is 37.9 Å². The van der Waals surface area contributed by atoms with Crippen LogP contribution >= 0.6 is 31.9 Å². The number of hydrogen-bond donors (Lipinski definition) is 0. The summed E-state index contributed by atoms with van der Waals surface area (Å²) in [5, 5.41) is 9.16. The zero-order valence-corrected chi connectivity index (χ0v) is 11.4. The van der Waals surface area contributed by atoms with Gasteiger partial charge in [0.25, 0.3) is 0 Å². The molecule has 0 amide bonds. The van der Waals surface area contributed by atoms with Crippen LogP contribution in [0.25, 0.3) is 11.1 Å². The fraction of sp³-hybridized carbons (Fsp3) is 0. The molecule has 0 saturated carbocycles. The summed E-state index contributed by atoms with van der Waals surface area (Å²) in [6.45, 7) is 0. The average Bonchev–Trinajstić information content (AvgIpc) is 2.29. The topological polar surface area (TPSA) is 23.8 Å². The van der Waals surface area contributed by atoms with Gasteiger partial charge in [0.15, 0.2) is 0 Å². The maximum Gasteiger partial charge on any atom is 0.101 e. The Kier molecular flexibility index (Phi) is 3.42. The largest absolute Gasteiger partial charge is 0.192 e. The second kappa shape index (κ2) is 4.82. The summed E-state index contributed by atoms with van der Waals surface area (Å²) in [5.74, 6) is 0. The van der Waals surface area contributed by atoms with Crippen LogP contribution in [0.5, 0.6) is 0 Å². The van der Waals surface area contributed by atoms with Crippen molar-refractivity contribution in [1.29, 1.82) is 5.26 Å². The first kappa shape index (κ1) is 11.4. The zero-order valence-electron chi connectivity index (χ0n) is 8.24. The third-order valence-corrected chi connectivity index (χ3v) is 3.33. The van der Waals surface area contributed by atoms with Crippen molar-refractivity contribution in [2.75, 3.05) is 0 Å². The Balaban J connectivity index is 2.70. The smallest absolute Gasteiger partial charge is 0.101 e. The summed E-state index contributed by atoms with van der Waals surface area (Å²) in [6, 6.07) is 15.9. The Morgan fingerprint density at radius 1 is 1.00 bits per heavy atom. The Bertz CT molecular complexity index is 556. The molecule has 0 spiro atoms. The molecule has 1 nitrogen and oxygen atoms in total. The van der Waals surface area contributed by atoms with Gasteiger partial charge < -0.3 is 0 Å². The third-order valence-electron chi connectivity index (χ3n) is 2.25. The second-order valence-corrected chi connectivity index (χ2v) is 5.06. The molecule has 0 heterocycles. The van der Waals surface area contributed by atoms with Gasteiger partial charge in [-0.25, -0.2) is 0 Å². The summed E-state index contributed by atoms with van der Waals surface area (Å²) in [6.07, 6.45) is 0. The van der Waals surface area contributed by atoms with Crippen LogP contribution in [0.4, 0.5) is 0 Å². The van der Waals surface area contributed by atoms with Crippen LogP contribution in [-0.2, 0) is 0 Å². The van der Waals surface area contributed by atoms with Crippen LogP contribution in [0.3, 0.4) is 0 Å². The lowest BCUT2D eigenvalue weighted by molar-refractivity contribution is 1.45. The molecule has 2 rings (SSSR count). The first-order chi connectivity index (χ1) is 7.72. The number of halogens is 2. The minimum atomic E-state index is 0.661. The van der Waals surface area contributed by atoms with Gasteiger partial charge >= 0.3 is 0 Å². The van der Waals surface area contributed by atoms with Gasteiger partial charge in [0, 0.05) is 14.5 Å². The Morgan fingerprint density at radius 2 is 1.69 bits per heavy atom. The predicted octanol–water partition coefficient (Wildman–Crippen LogP) is 4.75. The highest BCUT2D eigenvalue weighted by Gasteiger charge is 2.09. The normalized spacial score (nSPS) is 9.81. The molecule has 0 saturated heterocycles. The van der Waals surface area contributed by atoms with Gasteiger partial charge in [-0.2, -0.15) is 5.26 Å². The van der Waals surface area contributed by atoms with Crippen LogP contribution in [0.1, 0.15) is 5.56 Å².